The number of halogens is 1. The van der Waals surface area contributed by atoms with E-state index in [1.165, 1.54) is 0 Å². The van der Waals surface area contributed by atoms with Gasteiger partial charge in [0, 0.05) is 17.1 Å². The molecule has 1 aliphatic heterocycles. The summed E-state index contributed by atoms with van der Waals surface area (Å²) in [5.74, 6) is 2.14. The summed E-state index contributed by atoms with van der Waals surface area (Å²) in [5, 5.41) is 3.67. The van der Waals surface area contributed by atoms with Crippen molar-refractivity contribution in [3.8, 4) is 17.2 Å². The molecule has 1 heterocycles. The summed E-state index contributed by atoms with van der Waals surface area (Å²) < 4.78 is 16.5. The van der Waals surface area contributed by atoms with Crippen LogP contribution >= 0.6 is 11.6 Å². The first kappa shape index (κ1) is 20.3. The highest BCUT2D eigenvalue weighted by atomic mass is 35.5. The van der Waals surface area contributed by atoms with Gasteiger partial charge in [0.15, 0.2) is 11.5 Å². The molecule has 7 heteroatoms. The van der Waals surface area contributed by atoms with Crippen LogP contribution in [-0.4, -0.2) is 44.7 Å². The number of amides is 1. The van der Waals surface area contributed by atoms with Gasteiger partial charge in [-0.15, -0.1) is 0 Å². The Morgan fingerprint density at radius 1 is 1.21 bits per heavy atom. The number of ether oxygens (including phenoxy) is 3. The number of hydrogen-bond acceptors (Lipinski definition) is 5. The number of hydrogen-bond donors (Lipinski definition) is 1. The molecule has 6 nitrogen and oxygen atoms in total. The number of carbonyl (C=O) groups excluding carboxylic acids is 1. The molecule has 0 aliphatic carbocycles. The van der Waals surface area contributed by atoms with Crippen LogP contribution < -0.4 is 19.5 Å². The smallest absolute Gasteiger partial charge is 0.234 e. The zero-order valence-electron chi connectivity index (χ0n) is 16.3. The minimum Gasteiger partial charge on any atom is -0.496 e. The highest BCUT2D eigenvalue weighted by Crippen LogP contribution is 2.32. The summed E-state index contributed by atoms with van der Waals surface area (Å²) in [6, 6.07) is 11.1. The molecule has 0 radical (unpaired) electrons. The van der Waals surface area contributed by atoms with Gasteiger partial charge in [0.25, 0.3) is 0 Å². The summed E-state index contributed by atoms with van der Waals surface area (Å²) >= 11 is 6.08. The highest BCUT2D eigenvalue weighted by molar-refractivity contribution is 6.30. The monoisotopic (exact) mass is 404 g/mol. The van der Waals surface area contributed by atoms with Gasteiger partial charge in [-0.3, -0.25) is 9.69 Å². The Morgan fingerprint density at radius 2 is 1.96 bits per heavy atom. The van der Waals surface area contributed by atoms with Crippen LogP contribution in [0.2, 0.25) is 5.02 Å². The molecule has 0 unspecified atom stereocenters. The molecule has 0 saturated carbocycles. The largest absolute Gasteiger partial charge is 0.496 e. The Kier molecular flexibility index (Phi) is 6.65. The van der Waals surface area contributed by atoms with Crippen molar-refractivity contribution < 1.29 is 19.0 Å². The van der Waals surface area contributed by atoms with E-state index in [4.69, 9.17) is 25.8 Å². The summed E-state index contributed by atoms with van der Waals surface area (Å²) in [7, 11) is 3.50. The first-order chi connectivity index (χ1) is 13.5. The lowest BCUT2D eigenvalue weighted by Crippen LogP contribution is -2.36. The van der Waals surface area contributed by atoms with Crippen molar-refractivity contribution in [2.45, 2.75) is 19.5 Å². The van der Waals surface area contributed by atoms with E-state index in [1.807, 2.05) is 49.2 Å². The van der Waals surface area contributed by atoms with Gasteiger partial charge in [-0.05, 0) is 49.9 Å². The van der Waals surface area contributed by atoms with E-state index in [2.05, 4.69) is 5.32 Å². The van der Waals surface area contributed by atoms with E-state index in [-0.39, 0.29) is 18.5 Å². The molecule has 0 bridgehead atoms. The molecule has 1 atom stereocenters. The number of benzene rings is 2. The van der Waals surface area contributed by atoms with Crippen LogP contribution in [0.4, 0.5) is 0 Å². The molecule has 0 aromatic heterocycles. The van der Waals surface area contributed by atoms with Crippen LogP contribution in [0, 0.1) is 0 Å². The minimum atomic E-state index is -0.141. The summed E-state index contributed by atoms with van der Waals surface area (Å²) in [6.07, 6.45) is 0. The number of methoxy groups -OCH3 is 1. The fourth-order valence-electron chi connectivity index (χ4n) is 3.16. The fraction of sp³-hybridized carbons (Fsp3) is 0.381. The van der Waals surface area contributed by atoms with Crippen LogP contribution in [0.15, 0.2) is 36.4 Å². The van der Waals surface area contributed by atoms with Crippen molar-refractivity contribution in [2.75, 3.05) is 33.9 Å². The molecule has 0 saturated heterocycles. The van der Waals surface area contributed by atoms with Gasteiger partial charge in [0.05, 0.1) is 19.7 Å². The molecule has 0 spiro atoms. The predicted molar refractivity (Wildman–Crippen MR) is 108 cm³/mol. The number of nitrogens with one attached hydrogen (secondary N) is 1. The van der Waals surface area contributed by atoms with Gasteiger partial charge in [-0.1, -0.05) is 17.7 Å². The molecule has 2 aromatic carbocycles. The third-order valence-corrected chi connectivity index (χ3v) is 4.78. The molecular formula is C21H25ClN2O4. The summed E-state index contributed by atoms with van der Waals surface area (Å²) in [5.41, 5.74) is 1.90. The summed E-state index contributed by atoms with van der Waals surface area (Å²) in [4.78, 5) is 14.4. The number of carbonyl (C=O) groups is 1. The van der Waals surface area contributed by atoms with Crippen LogP contribution in [-0.2, 0) is 11.3 Å². The fourth-order valence-corrected chi connectivity index (χ4v) is 3.36. The molecule has 2 aromatic rings. The zero-order chi connectivity index (χ0) is 20.1. The van der Waals surface area contributed by atoms with Crippen LogP contribution in [0.25, 0.3) is 0 Å². The maximum Gasteiger partial charge on any atom is 0.234 e. The van der Waals surface area contributed by atoms with E-state index in [1.54, 1.807) is 13.2 Å². The first-order valence-electron chi connectivity index (χ1n) is 9.16. The molecule has 150 valence electrons. The Bertz CT molecular complexity index is 843. The van der Waals surface area contributed by atoms with Crippen molar-refractivity contribution in [1.82, 2.24) is 10.2 Å². The Hall–Kier alpha value is -2.44. The quantitative estimate of drug-likeness (QED) is 0.766. The van der Waals surface area contributed by atoms with Crippen molar-refractivity contribution in [2.24, 2.45) is 0 Å². The van der Waals surface area contributed by atoms with Gasteiger partial charge >= 0.3 is 0 Å². The van der Waals surface area contributed by atoms with E-state index in [9.17, 15) is 4.79 Å². The summed E-state index contributed by atoms with van der Waals surface area (Å²) in [6.45, 7) is 3.85. The van der Waals surface area contributed by atoms with Gasteiger partial charge in [-0.25, -0.2) is 0 Å². The zero-order valence-corrected chi connectivity index (χ0v) is 17.1. The lowest BCUT2D eigenvalue weighted by atomic mass is 10.1. The maximum atomic E-state index is 12.5. The van der Waals surface area contributed by atoms with E-state index in [0.29, 0.717) is 24.8 Å². The molecule has 3 rings (SSSR count). The molecule has 1 N–H and O–H groups in total. The Balaban J connectivity index is 1.57. The SMILES string of the molecule is COc1ccc(Cl)cc1CN(C)CC(=O)N[C@@H](C)c1ccc2c(c1)OCCO2. The van der Waals surface area contributed by atoms with Crippen LogP contribution in [0.1, 0.15) is 24.1 Å². The predicted octanol–water partition coefficient (Wildman–Crippen LogP) is 3.43. The Labute approximate surface area is 170 Å². The maximum absolute atomic E-state index is 12.5. The normalized spacial score (nSPS) is 13.9. The van der Waals surface area contributed by atoms with E-state index in [0.717, 1.165) is 28.4 Å². The number of fused-ring (bicyclic) bond motifs is 1. The van der Waals surface area contributed by atoms with Crippen LogP contribution in [0.5, 0.6) is 17.2 Å². The van der Waals surface area contributed by atoms with Crippen LogP contribution in [0.3, 0.4) is 0 Å². The number of rotatable bonds is 7. The molecule has 0 fully saturated rings. The van der Waals surface area contributed by atoms with Gasteiger partial charge in [0.1, 0.15) is 19.0 Å². The van der Waals surface area contributed by atoms with Crippen molar-refractivity contribution >= 4 is 17.5 Å². The average Bonchev–Trinajstić information content (AvgIpc) is 2.67. The average molecular weight is 405 g/mol. The highest BCUT2D eigenvalue weighted by Gasteiger charge is 2.17. The van der Waals surface area contributed by atoms with Gasteiger partial charge in [0.2, 0.25) is 5.91 Å². The van der Waals surface area contributed by atoms with Gasteiger partial charge < -0.3 is 19.5 Å². The molecule has 1 amide bonds. The number of likely N-dealkylation sites (N-methyl/N-ethyl adjacent to an activating group) is 1. The van der Waals surface area contributed by atoms with Crippen molar-refractivity contribution in [1.29, 1.82) is 0 Å². The lowest BCUT2D eigenvalue weighted by Gasteiger charge is -2.22. The minimum absolute atomic E-state index is 0.0640. The second-order valence-corrected chi connectivity index (χ2v) is 7.26. The van der Waals surface area contributed by atoms with Gasteiger partial charge in [-0.2, -0.15) is 0 Å². The first-order valence-corrected chi connectivity index (χ1v) is 9.54. The Morgan fingerprint density at radius 3 is 2.71 bits per heavy atom. The second-order valence-electron chi connectivity index (χ2n) is 6.82. The van der Waals surface area contributed by atoms with E-state index < -0.39 is 0 Å². The third kappa shape index (κ3) is 5.09. The van der Waals surface area contributed by atoms with Crippen molar-refractivity contribution in [3.05, 3.63) is 52.5 Å². The molecule has 1 aliphatic rings. The number of nitrogens with zero attached hydrogens (tertiary/aromatic N) is 1. The topological polar surface area (TPSA) is 60.0 Å². The van der Waals surface area contributed by atoms with E-state index >= 15 is 0 Å². The lowest BCUT2D eigenvalue weighted by molar-refractivity contribution is -0.122. The molecule has 28 heavy (non-hydrogen) atoms. The van der Waals surface area contributed by atoms with Crippen molar-refractivity contribution in [3.63, 3.8) is 0 Å². The molecular weight excluding hydrogens is 380 g/mol. The second kappa shape index (κ2) is 9.17. The third-order valence-electron chi connectivity index (χ3n) is 4.54. The standard InChI is InChI=1S/C21H25ClN2O4/c1-14(15-4-6-19-20(11-15)28-9-8-27-19)23-21(25)13-24(2)12-16-10-17(22)5-7-18(16)26-3/h4-7,10-11,14H,8-9,12-13H2,1-3H3,(H,23,25)/t14-/m0/s1.